The number of anilines is 2. The third kappa shape index (κ3) is 2.75. The van der Waals surface area contributed by atoms with Crippen LogP contribution in [0.5, 0.6) is 0 Å². The van der Waals surface area contributed by atoms with E-state index in [1.165, 1.54) is 12.8 Å². The molecule has 1 fully saturated rings. The second kappa shape index (κ2) is 5.83. The van der Waals surface area contributed by atoms with Crippen molar-refractivity contribution in [1.29, 1.82) is 0 Å². The minimum Gasteiger partial charge on any atom is -0.404 e. The summed E-state index contributed by atoms with van der Waals surface area (Å²) in [5.41, 5.74) is 9.10. The van der Waals surface area contributed by atoms with Crippen LogP contribution in [-0.2, 0) is 0 Å². The van der Waals surface area contributed by atoms with E-state index in [0.717, 1.165) is 46.0 Å². The second-order valence-corrected chi connectivity index (χ2v) is 6.52. The maximum Gasteiger partial charge on any atom is 0.313 e. The molecule has 0 radical (unpaired) electrons. The van der Waals surface area contributed by atoms with Crippen LogP contribution in [0.15, 0.2) is 41.2 Å². The van der Waals surface area contributed by atoms with Crippen LogP contribution in [0.4, 0.5) is 11.8 Å². The number of nitrogen functional groups attached to an aromatic ring is 1. The Kier molecular flexibility index (Phi) is 3.34. The predicted octanol–water partition coefficient (Wildman–Crippen LogP) is 3.08. The quantitative estimate of drug-likeness (QED) is 0.507. The highest BCUT2D eigenvalue weighted by Crippen LogP contribution is 2.32. The Balaban J connectivity index is 1.52. The maximum atomic E-state index is 5.53. The van der Waals surface area contributed by atoms with Gasteiger partial charge in [0.25, 0.3) is 0 Å². The van der Waals surface area contributed by atoms with Crippen molar-refractivity contribution >= 4 is 22.7 Å². The molecule has 1 saturated carbocycles. The number of H-pyrrole nitrogens is 1. The number of nitrogens with two attached hydrogens (primary N) is 1. The topological polar surface area (TPSA) is 119 Å². The van der Waals surface area contributed by atoms with E-state index in [1.807, 2.05) is 24.4 Å². The van der Waals surface area contributed by atoms with E-state index in [9.17, 15) is 0 Å². The molecule has 0 saturated heterocycles. The molecule has 3 aromatic heterocycles. The van der Waals surface area contributed by atoms with Gasteiger partial charge in [-0.15, -0.1) is 5.10 Å². The molecule has 1 aliphatic rings. The van der Waals surface area contributed by atoms with Crippen LogP contribution < -0.4 is 11.1 Å². The van der Waals surface area contributed by atoms with Crippen molar-refractivity contribution in [2.75, 3.05) is 17.6 Å². The molecule has 4 aromatic rings. The summed E-state index contributed by atoms with van der Waals surface area (Å²) in [4.78, 5) is 12.3. The van der Waals surface area contributed by atoms with Gasteiger partial charge in [-0.3, -0.25) is 4.98 Å². The van der Waals surface area contributed by atoms with E-state index < -0.39 is 0 Å². The van der Waals surface area contributed by atoms with E-state index >= 15 is 0 Å². The van der Waals surface area contributed by atoms with Gasteiger partial charge in [0.1, 0.15) is 5.82 Å². The molecule has 8 heteroatoms. The lowest BCUT2D eigenvalue weighted by Crippen LogP contribution is -2.05. The van der Waals surface area contributed by atoms with Gasteiger partial charge in [0.15, 0.2) is 0 Å². The SMILES string of the molecule is Nc1nnc(-c2ccc3[nH]cc(-c4cncc(NCC5CC5)n4)c3c2)o1. The van der Waals surface area contributed by atoms with Crippen LogP contribution in [0.1, 0.15) is 12.8 Å². The predicted molar refractivity (Wildman–Crippen MR) is 98.2 cm³/mol. The maximum absolute atomic E-state index is 5.53. The number of fused-ring (bicyclic) bond motifs is 1. The van der Waals surface area contributed by atoms with Crippen molar-refractivity contribution in [3.8, 4) is 22.7 Å². The molecule has 1 aliphatic carbocycles. The fraction of sp³-hybridized carbons (Fsp3) is 0.222. The summed E-state index contributed by atoms with van der Waals surface area (Å²) >= 11 is 0. The molecule has 5 rings (SSSR count). The molecule has 26 heavy (non-hydrogen) atoms. The van der Waals surface area contributed by atoms with Gasteiger partial charge in [0, 0.05) is 34.8 Å². The summed E-state index contributed by atoms with van der Waals surface area (Å²) in [5.74, 6) is 1.96. The number of benzene rings is 1. The lowest BCUT2D eigenvalue weighted by atomic mass is 10.1. The first-order valence-corrected chi connectivity index (χ1v) is 8.53. The van der Waals surface area contributed by atoms with Gasteiger partial charge in [0.05, 0.1) is 18.1 Å². The van der Waals surface area contributed by atoms with Crippen molar-refractivity contribution in [1.82, 2.24) is 25.1 Å². The zero-order valence-corrected chi connectivity index (χ0v) is 13.9. The first-order valence-electron chi connectivity index (χ1n) is 8.53. The van der Waals surface area contributed by atoms with Gasteiger partial charge in [-0.1, -0.05) is 5.10 Å². The zero-order valence-electron chi connectivity index (χ0n) is 13.9. The van der Waals surface area contributed by atoms with Crippen molar-refractivity contribution in [3.63, 3.8) is 0 Å². The first kappa shape index (κ1) is 14.9. The molecule has 1 aromatic carbocycles. The van der Waals surface area contributed by atoms with Gasteiger partial charge < -0.3 is 20.5 Å². The minimum absolute atomic E-state index is 0.0506. The average molecular weight is 347 g/mol. The number of hydrogen-bond donors (Lipinski definition) is 3. The number of rotatable bonds is 5. The number of nitrogens with one attached hydrogen (secondary N) is 2. The lowest BCUT2D eigenvalue weighted by Gasteiger charge is -2.06. The average Bonchev–Trinajstić information content (AvgIpc) is 3.24. The smallest absolute Gasteiger partial charge is 0.313 e. The van der Waals surface area contributed by atoms with Crippen LogP contribution in [0.25, 0.3) is 33.6 Å². The number of aromatic nitrogens is 5. The fourth-order valence-electron chi connectivity index (χ4n) is 2.97. The van der Waals surface area contributed by atoms with E-state index in [1.54, 1.807) is 12.4 Å². The Hall–Kier alpha value is -3.42. The van der Waals surface area contributed by atoms with Gasteiger partial charge in [0.2, 0.25) is 5.89 Å². The molecule has 0 bridgehead atoms. The monoisotopic (exact) mass is 347 g/mol. The Morgan fingerprint density at radius 2 is 2.15 bits per heavy atom. The molecule has 8 nitrogen and oxygen atoms in total. The summed E-state index contributed by atoms with van der Waals surface area (Å²) in [6.45, 7) is 0.953. The molecule has 4 N–H and O–H groups in total. The summed E-state index contributed by atoms with van der Waals surface area (Å²) < 4.78 is 5.33. The largest absolute Gasteiger partial charge is 0.404 e. The Morgan fingerprint density at radius 3 is 2.96 bits per heavy atom. The Labute approximate surface area is 148 Å². The van der Waals surface area contributed by atoms with Crippen LogP contribution in [0, 0.1) is 5.92 Å². The molecule has 0 amide bonds. The van der Waals surface area contributed by atoms with E-state index in [2.05, 4.69) is 25.5 Å². The van der Waals surface area contributed by atoms with Crippen LogP contribution >= 0.6 is 0 Å². The summed E-state index contributed by atoms with van der Waals surface area (Å²) in [7, 11) is 0. The lowest BCUT2D eigenvalue weighted by molar-refractivity contribution is 0.590. The normalized spacial score (nSPS) is 14.0. The van der Waals surface area contributed by atoms with Crippen LogP contribution in [0.2, 0.25) is 0 Å². The summed E-state index contributed by atoms with van der Waals surface area (Å²) in [6, 6.07) is 5.92. The third-order valence-electron chi connectivity index (χ3n) is 4.55. The highest BCUT2D eigenvalue weighted by molar-refractivity contribution is 5.96. The van der Waals surface area contributed by atoms with Crippen molar-refractivity contribution in [2.45, 2.75) is 12.8 Å². The van der Waals surface area contributed by atoms with E-state index in [-0.39, 0.29) is 6.01 Å². The molecular weight excluding hydrogens is 330 g/mol. The minimum atomic E-state index is 0.0506. The van der Waals surface area contributed by atoms with Gasteiger partial charge in [-0.2, -0.15) is 0 Å². The van der Waals surface area contributed by atoms with Crippen molar-refractivity contribution in [3.05, 3.63) is 36.8 Å². The molecule has 3 heterocycles. The molecular formula is C18H17N7O. The first-order chi connectivity index (χ1) is 12.8. The summed E-state index contributed by atoms with van der Waals surface area (Å²) in [6.07, 6.45) is 8.05. The highest BCUT2D eigenvalue weighted by atomic mass is 16.4. The molecule has 130 valence electrons. The fourth-order valence-corrected chi connectivity index (χ4v) is 2.97. The second-order valence-electron chi connectivity index (χ2n) is 6.52. The molecule has 0 aliphatic heterocycles. The summed E-state index contributed by atoms with van der Waals surface area (Å²) in [5, 5.41) is 12.0. The van der Waals surface area contributed by atoms with E-state index in [0.29, 0.717) is 5.89 Å². The third-order valence-corrected chi connectivity index (χ3v) is 4.55. The molecule has 0 unspecified atom stereocenters. The number of hydrogen-bond acceptors (Lipinski definition) is 7. The van der Waals surface area contributed by atoms with Gasteiger partial charge >= 0.3 is 6.01 Å². The van der Waals surface area contributed by atoms with Crippen LogP contribution in [0.3, 0.4) is 0 Å². The Morgan fingerprint density at radius 1 is 1.23 bits per heavy atom. The highest BCUT2D eigenvalue weighted by Gasteiger charge is 2.21. The zero-order chi connectivity index (χ0) is 17.5. The van der Waals surface area contributed by atoms with Crippen molar-refractivity contribution in [2.24, 2.45) is 5.92 Å². The van der Waals surface area contributed by atoms with Gasteiger partial charge in [-0.05, 0) is 37.0 Å². The number of aromatic amines is 1. The number of nitrogens with zero attached hydrogens (tertiary/aromatic N) is 4. The van der Waals surface area contributed by atoms with E-state index in [4.69, 9.17) is 15.1 Å². The Bertz CT molecular complexity index is 1080. The molecule has 0 atom stereocenters. The van der Waals surface area contributed by atoms with Crippen molar-refractivity contribution < 1.29 is 4.42 Å². The van der Waals surface area contributed by atoms with Crippen LogP contribution in [-0.4, -0.2) is 31.7 Å². The molecule has 0 spiro atoms. The van der Waals surface area contributed by atoms with Gasteiger partial charge in [-0.25, -0.2) is 4.98 Å². The standard InChI is InChI=1S/C18H17N7O/c19-18-25-24-17(26-18)11-3-4-14-12(5-11)13(7-21-14)15-8-20-9-16(23-15)22-6-10-1-2-10/h3-5,7-10,21H,1-2,6H2,(H2,19,25)(H,22,23).